The summed E-state index contributed by atoms with van der Waals surface area (Å²) < 4.78 is 21.2. The molecular weight excluding hydrogens is 471 g/mol. The van der Waals surface area contributed by atoms with Crippen molar-refractivity contribution in [1.29, 1.82) is 0 Å². The quantitative estimate of drug-likeness (QED) is 0.536. The van der Waals surface area contributed by atoms with Gasteiger partial charge in [-0.15, -0.1) is 11.3 Å². The van der Waals surface area contributed by atoms with Gasteiger partial charge >= 0.3 is 0 Å². The van der Waals surface area contributed by atoms with Crippen molar-refractivity contribution in [3.63, 3.8) is 0 Å². The van der Waals surface area contributed by atoms with E-state index in [1.54, 1.807) is 39.0 Å². The number of hydrogen-bond donors (Lipinski definition) is 3. The molecule has 1 aromatic carbocycles. The molecule has 1 amide bonds. The minimum absolute atomic E-state index is 0.00851. The molecule has 2 heterocycles. The second-order valence-electron chi connectivity index (χ2n) is 9.88. The molecule has 0 fully saturated rings. The lowest BCUT2D eigenvalue weighted by Gasteiger charge is -2.34. The van der Waals surface area contributed by atoms with Crippen LogP contribution in [0.5, 0.6) is 0 Å². The van der Waals surface area contributed by atoms with E-state index >= 15 is 0 Å². The Labute approximate surface area is 209 Å². The average molecular weight is 507 g/mol. The molecule has 5 atom stereocenters. The number of benzene rings is 1. The third-order valence-electron chi connectivity index (χ3n) is 6.81. The highest BCUT2D eigenvalue weighted by Gasteiger charge is 2.42. The van der Waals surface area contributed by atoms with Gasteiger partial charge < -0.3 is 20.3 Å². The number of ether oxygens (including phenoxy) is 1. The summed E-state index contributed by atoms with van der Waals surface area (Å²) in [5.74, 6) is -2.07. The van der Waals surface area contributed by atoms with Crippen LogP contribution in [0.2, 0.25) is 0 Å². The van der Waals surface area contributed by atoms with Gasteiger partial charge in [0.1, 0.15) is 5.78 Å². The summed E-state index contributed by atoms with van der Waals surface area (Å²) >= 11 is 1.57. The number of nitrogens with zero attached hydrogens (tertiary/aromatic N) is 1. The molecular formula is C26H35FN2O5S. The second kappa shape index (κ2) is 11.2. The SMILES string of the molecule is Cc1nc2cc([C@@H]3C/C=C(/F)CCO[C@@H](C)[C@@H](O)[C@@H](C)C(=O)C(C)(C)[C@@H](O)CC(=O)N3)ccc2s1. The lowest BCUT2D eigenvalue weighted by Crippen LogP contribution is -2.47. The minimum atomic E-state index is -1.27. The Balaban J connectivity index is 1.91. The predicted molar refractivity (Wildman–Crippen MR) is 134 cm³/mol. The number of aliphatic hydroxyl groups is 2. The van der Waals surface area contributed by atoms with Crippen LogP contribution in [0.3, 0.4) is 0 Å². The summed E-state index contributed by atoms with van der Waals surface area (Å²) in [5, 5.41) is 25.2. The molecule has 1 aromatic heterocycles. The van der Waals surface area contributed by atoms with E-state index in [9.17, 15) is 24.2 Å². The Bertz CT molecular complexity index is 1100. The van der Waals surface area contributed by atoms with Gasteiger partial charge in [-0.25, -0.2) is 9.37 Å². The Hall–Kier alpha value is -2.20. The van der Waals surface area contributed by atoms with Gasteiger partial charge in [0.25, 0.3) is 0 Å². The van der Waals surface area contributed by atoms with Gasteiger partial charge in [-0.3, -0.25) is 9.59 Å². The maximum Gasteiger partial charge on any atom is 0.223 e. The number of aromatic nitrogens is 1. The fraction of sp³-hybridized carbons (Fsp3) is 0.577. The molecule has 7 nitrogen and oxygen atoms in total. The van der Waals surface area contributed by atoms with Crippen LogP contribution in [0.15, 0.2) is 30.1 Å². The van der Waals surface area contributed by atoms with E-state index in [2.05, 4.69) is 10.3 Å². The van der Waals surface area contributed by atoms with Crippen molar-refractivity contribution in [2.24, 2.45) is 11.3 Å². The molecule has 1 aliphatic heterocycles. The third kappa shape index (κ3) is 6.52. The maximum absolute atomic E-state index is 14.6. The van der Waals surface area contributed by atoms with Gasteiger partial charge in [0.2, 0.25) is 5.91 Å². The highest BCUT2D eigenvalue weighted by Crippen LogP contribution is 2.31. The molecule has 2 aromatic rings. The van der Waals surface area contributed by atoms with Crippen molar-refractivity contribution in [3.8, 4) is 0 Å². The molecule has 3 rings (SSSR count). The van der Waals surface area contributed by atoms with Crippen LogP contribution < -0.4 is 5.32 Å². The highest BCUT2D eigenvalue weighted by atomic mass is 32.1. The Morgan fingerprint density at radius 2 is 1.94 bits per heavy atom. The third-order valence-corrected chi connectivity index (χ3v) is 7.76. The molecule has 0 unspecified atom stereocenters. The zero-order valence-electron chi connectivity index (χ0n) is 20.9. The fourth-order valence-electron chi connectivity index (χ4n) is 4.34. The number of thiazole rings is 1. The molecule has 0 aliphatic carbocycles. The number of ketones is 1. The fourth-order valence-corrected chi connectivity index (χ4v) is 5.15. The first-order chi connectivity index (χ1) is 16.4. The number of halogens is 1. The number of hydrogen-bond acceptors (Lipinski definition) is 7. The summed E-state index contributed by atoms with van der Waals surface area (Å²) in [6.07, 6.45) is -1.79. The van der Waals surface area contributed by atoms with Gasteiger partial charge in [0, 0.05) is 12.3 Å². The summed E-state index contributed by atoms with van der Waals surface area (Å²) in [4.78, 5) is 30.6. The van der Waals surface area contributed by atoms with Gasteiger partial charge in [-0.05, 0) is 38.0 Å². The zero-order valence-corrected chi connectivity index (χ0v) is 21.7. The smallest absolute Gasteiger partial charge is 0.223 e. The number of carbonyl (C=O) groups is 2. The summed E-state index contributed by atoms with van der Waals surface area (Å²) in [6.45, 7) is 8.29. The normalized spacial score (nSPS) is 31.1. The largest absolute Gasteiger partial charge is 0.392 e. The molecule has 0 saturated heterocycles. The monoisotopic (exact) mass is 506 g/mol. The topological polar surface area (TPSA) is 109 Å². The molecule has 1 aliphatic rings. The predicted octanol–water partition coefficient (Wildman–Crippen LogP) is 4.16. The van der Waals surface area contributed by atoms with Gasteiger partial charge in [0.05, 0.1) is 63.8 Å². The second-order valence-corrected chi connectivity index (χ2v) is 11.1. The van der Waals surface area contributed by atoms with E-state index in [1.165, 1.54) is 6.08 Å². The number of rotatable bonds is 1. The van der Waals surface area contributed by atoms with Crippen molar-refractivity contribution >= 4 is 33.2 Å². The Morgan fingerprint density at radius 3 is 2.66 bits per heavy atom. The number of amides is 1. The molecule has 0 radical (unpaired) electrons. The number of carbonyl (C=O) groups excluding carboxylic acids is 2. The summed E-state index contributed by atoms with van der Waals surface area (Å²) in [7, 11) is 0. The van der Waals surface area contributed by atoms with Crippen LogP contribution in [-0.4, -0.2) is 51.8 Å². The molecule has 0 spiro atoms. The first-order valence-electron chi connectivity index (χ1n) is 11.9. The first-order valence-corrected chi connectivity index (χ1v) is 12.7. The Kier molecular flexibility index (Phi) is 8.80. The number of aryl methyl sites for hydroxylation is 1. The van der Waals surface area contributed by atoms with Gasteiger partial charge in [-0.1, -0.05) is 32.9 Å². The molecule has 3 N–H and O–H groups in total. The van der Waals surface area contributed by atoms with Crippen LogP contribution in [0.25, 0.3) is 10.2 Å². The number of aliphatic hydroxyl groups excluding tert-OH is 2. The highest BCUT2D eigenvalue weighted by molar-refractivity contribution is 7.18. The van der Waals surface area contributed by atoms with E-state index in [0.717, 1.165) is 20.8 Å². The number of fused-ring (bicyclic) bond motifs is 1. The van der Waals surface area contributed by atoms with Crippen LogP contribution in [0.1, 0.15) is 63.6 Å². The van der Waals surface area contributed by atoms with E-state index in [-0.39, 0.29) is 31.7 Å². The standard InChI is InChI=1S/C26H35FN2O5S/c1-14-24(32)15(2)34-11-10-18(27)7-8-19(17-6-9-21-20(12-17)28-16(3)35-21)29-23(31)13-22(30)26(4,5)25(14)33/h6-7,9,12,14-15,19,22,24,30,32H,8,10-11,13H2,1-5H3,(H,29,31)/b18-7+/t14-,15+,19+,22+,24+/m1/s1. The van der Waals surface area contributed by atoms with Crippen LogP contribution in [-0.2, 0) is 14.3 Å². The van der Waals surface area contributed by atoms with E-state index < -0.39 is 47.4 Å². The van der Waals surface area contributed by atoms with Crippen molar-refractivity contribution in [3.05, 3.63) is 40.7 Å². The lowest BCUT2D eigenvalue weighted by atomic mass is 9.74. The first kappa shape index (κ1) is 27.4. The minimum Gasteiger partial charge on any atom is -0.392 e. The lowest BCUT2D eigenvalue weighted by molar-refractivity contribution is -0.146. The molecule has 35 heavy (non-hydrogen) atoms. The van der Waals surface area contributed by atoms with Crippen molar-refractivity contribution < 1.29 is 28.9 Å². The van der Waals surface area contributed by atoms with Crippen molar-refractivity contribution in [2.75, 3.05) is 6.61 Å². The molecule has 192 valence electrons. The van der Waals surface area contributed by atoms with Crippen LogP contribution in [0, 0.1) is 18.3 Å². The van der Waals surface area contributed by atoms with Crippen LogP contribution in [0.4, 0.5) is 4.39 Å². The van der Waals surface area contributed by atoms with Gasteiger partial charge in [0.15, 0.2) is 0 Å². The van der Waals surface area contributed by atoms with Gasteiger partial charge in [-0.2, -0.15) is 0 Å². The van der Waals surface area contributed by atoms with E-state index in [1.807, 2.05) is 25.1 Å². The summed E-state index contributed by atoms with van der Waals surface area (Å²) in [5.41, 5.74) is 0.304. The molecule has 0 bridgehead atoms. The number of nitrogens with one attached hydrogen (secondary N) is 1. The van der Waals surface area contributed by atoms with E-state index in [0.29, 0.717) is 0 Å². The zero-order chi connectivity index (χ0) is 25.9. The molecule has 9 heteroatoms. The van der Waals surface area contributed by atoms with Crippen LogP contribution >= 0.6 is 11.3 Å². The Morgan fingerprint density at radius 1 is 1.23 bits per heavy atom. The van der Waals surface area contributed by atoms with Crippen molar-refractivity contribution in [1.82, 2.24) is 10.3 Å². The molecule has 0 saturated carbocycles. The average Bonchev–Trinajstić information content (AvgIpc) is 3.18. The maximum atomic E-state index is 14.6. The van der Waals surface area contributed by atoms with E-state index in [4.69, 9.17) is 4.74 Å². The van der Waals surface area contributed by atoms with Crippen molar-refractivity contribution in [2.45, 2.75) is 78.2 Å². The number of Topliss-reactive ketones (excluding diaryl/α,β-unsaturated/α-hetero) is 1. The summed E-state index contributed by atoms with van der Waals surface area (Å²) in [6, 6.07) is 5.15.